The lowest BCUT2D eigenvalue weighted by Gasteiger charge is -2.03. The molecule has 0 unspecified atom stereocenters. The maximum Gasteiger partial charge on any atom is 0.291 e. The number of aryl methyl sites for hydroxylation is 1. The van der Waals surface area contributed by atoms with Gasteiger partial charge in [0.25, 0.3) is 5.91 Å². The molecule has 1 aromatic heterocycles. The van der Waals surface area contributed by atoms with E-state index >= 15 is 0 Å². The monoisotopic (exact) mass is 299 g/mol. The summed E-state index contributed by atoms with van der Waals surface area (Å²) in [5.74, 6) is -0.00148. The van der Waals surface area contributed by atoms with E-state index in [2.05, 4.69) is 12.2 Å². The lowest BCUT2D eigenvalue weighted by molar-refractivity contribution is 0.0998. The van der Waals surface area contributed by atoms with Gasteiger partial charge in [0.15, 0.2) is 5.76 Å². The third-order valence-corrected chi connectivity index (χ3v) is 3.56. The molecule has 0 radical (unpaired) electrons. The number of rotatable bonds is 3. The SMILES string of the molecule is CCc1ccc(NC(=O)c2cc3cc(Cl)ccc3o2)cc1. The van der Waals surface area contributed by atoms with Crippen LogP contribution in [0.2, 0.25) is 5.02 Å². The molecular formula is C17H14ClNO2. The van der Waals surface area contributed by atoms with E-state index in [0.29, 0.717) is 10.6 Å². The first-order valence-electron chi connectivity index (χ1n) is 6.75. The van der Waals surface area contributed by atoms with Gasteiger partial charge in [-0.1, -0.05) is 30.7 Å². The van der Waals surface area contributed by atoms with E-state index in [1.165, 1.54) is 5.56 Å². The summed E-state index contributed by atoms with van der Waals surface area (Å²) in [6, 6.07) is 14.7. The fraction of sp³-hybridized carbons (Fsp3) is 0.118. The minimum absolute atomic E-state index is 0.270. The molecule has 0 aliphatic heterocycles. The van der Waals surface area contributed by atoms with Gasteiger partial charge in [-0.05, 0) is 48.4 Å². The summed E-state index contributed by atoms with van der Waals surface area (Å²) in [6.45, 7) is 2.09. The van der Waals surface area contributed by atoms with Crippen LogP contribution in [0.15, 0.2) is 52.9 Å². The van der Waals surface area contributed by atoms with Crippen LogP contribution in [0, 0.1) is 0 Å². The molecule has 3 nitrogen and oxygen atoms in total. The van der Waals surface area contributed by atoms with E-state index in [-0.39, 0.29) is 11.7 Å². The van der Waals surface area contributed by atoms with Crippen LogP contribution in [0.5, 0.6) is 0 Å². The lowest BCUT2D eigenvalue weighted by atomic mass is 10.1. The van der Waals surface area contributed by atoms with E-state index in [4.69, 9.17) is 16.0 Å². The van der Waals surface area contributed by atoms with E-state index in [9.17, 15) is 4.79 Å². The van der Waals surface area contributed by atoms with Gasteiger partial charge >= 0.3 is 0 Å². The third kappa shape index (κ3) is 2.93. The topological polar surface area (TPSA) is 42.2 Å². The third-order valence-electron chi connectivity index (χ3n) is 3.32. The highest BCUT2D eigenvalue weighted by Gasteiger charge is 2.12. The first-order chi connectivity index (χ1) is 10.2. The van der Waals surface area contributed by atoms with Crippen LogP contribution in [0.25, 0.3) is 11.0 Å². The Morgan fingerprint density at radius 3 is 2.62 bits per heavy atom. The Morgan fingerprint density at radius 2 is 1.90 bits per heavy atom. The summed E-state index contributed by atoms with van der Waals surface area (Å²) in [5, 5.41) is 4.25. The van der Waals surface area contributed by atoms with Crippen molar-refractivity contribution >= 4 is 34.2 Å². The van der Waals surface area contributed by atoms with Crippen molar-refractivity contribution in [3.05, 3.63) is 64.9 Å². The number of anilines is 1. The molecule has 21 heavy (non-hydrogen) atoms. The van der Waals surface area contributed by atoms with E-state index in [1.807, 2.05) is 24.3 Å². The molecule has 3 rings (SSSR count). The molecule has 0 fully saturated rings. The van der Waals surface area contributed by atoms with Gasteiger partial charge in [0.1, 0.15) is 5.58 Å². The predicted octanol–water partition coefficient (Wildman–Crippen LogP) is 4.90. The van der Waals surface area contributed by atoms with Crippen LogP contribution in [-0.4, -0.2) is 5.91 Å². The van der Waals surface area contributed by atoms with Gasteiger partial charge in [0.2, 0.25) is 0 Å². The summed E-state index contributed by atoms with van der Waals surface area (Å²) in [7, 11) is 0. The van der Waals surface area contributed by atoms with Gasteiger partial charge in [-0.2, -0.15) is 0 Å². The number of furan rings is 1. The Bertz CT molecular complexity index is 790. The average molecular weight is 300 g/mol. The predicted molar refractivity (Wildman–Crippen MR) is 85.0 cm³/mol. The van der Waals surface area contributed by atoms with Crippen molar-refractivity contribution in [3.63, 3.8) is 0 Å². The van der Waals surface area contributed by atoms with E-state index < -0.39 is 0 Å². The molecule has 2 aromatic carbocycles. The highest BCUT2D eigenvalue weighted by molar-refractivity contribution is 6.31. The maximum atomic E-state index is 12.2. The normalized spacial score (nSPS) is 10.8. The first kappa shape index (κ1) is 13.7. The lowest BCUT2D eigenvalue weighted by Crippen LogP contribution is -2.10. The van der Waals surface area contributed by atoms with Gasteiger partial charge in [-0.3, -0.25) is 4.79 Å². The van der Waals surface area contributed by atoms with Gasteiger partial charge in [-0.15, -0.1) is 0 Å². The molecule has 0 atom stereocenters. The maximum absolute atomic E-state index is 12.2. The molecule has 1 heterocycles. The number of hydrogen-bond donors (Lipinski definition) is 1. The van der Waals surface area contributed by atoms with E-state index in [1.54, 1.807) is 24.3 Å². The molecule has 0 saturated heterocycles. The zero-order chi connectivity index (χ0) is 14.8. The molecule has 106 valence electrons. The van der Waals surface area contributed by atoms with Crippen molar-refractivity contribution in [1.29, 1.82) is 0 Å². The molecule has 0 aliphatic carbocycles. The van der Waals surface area contributed by atoms with Crippen molar-refractivity contribution in [1.82, 2.24) is 0 Å². The Balaban J connectivity index is 1.82. The van der Waals surface area contributed by atoms with Crippen LogP contribution >= 0.6 is 11.6 Å². The summed E-state index contributed by atoms with van der Waals surface area (Å²) < 4.78 is 5.53. The van der Waals surface area contributed by atoms with Crippen molar-refractivity contribution in [2.24, 2.45) is 0 Å². The molecular weight excluding hydrogens is 286 g/mol. The standard InChI is InChI=1S/C17H14ClNO2/c1-2-11-3-6-14(7-4-11)19-17(20)16-10-12-9-13(18)5-8-15(12)21-16/h3-10H,2H2,1H3,(H,19,20). The number of carbonyl (C=O) groups excluding carboxylic acids is 1. The van der Waals surface area contributed by atoms with Gasteiger partial charge in [-0.25, -0.2) is 0 Å². The van der Waals surface area contributed by atoms with Crippen molar-refractivity contribution in [3.8, 4) is 0 Å². The van der Waals surface area contributed by atoms with Gasteiger partial charge in [0, 0.05) is 16.1 Å². The first-order valence-corrected chi connectivity index (χ1v) is 7.13. The quantitative estimate of drug-likeness (QED) is 0.747. The van der Waals surface area contributed by atoms with Crippen LogP contribution in [0.4, 0.5) is 5.69 Å². The Hall–Kier alpha value is -2.26. The number of halogens is 1. The van der Waals surface area contributed by atoms with Gasteiger partial charge < -0.3 is 9.73 Å². The van der Waals surface area contributed by atoms with Crippen molar-refractivity contribution < 1.29 is 9.21 Å². The largest absolute Gasteiger partial charge is 0.451 e. The molecule has 0 bridgehead atoms. The second-order valence-corrected chi connectivity index (χ2v) is 5.23. The average Bonchev–Trinajstić information content (AvgIpc) is 2.91. The molecule has 3 aromatic rings. The summed E-state index contributed by atoms with van der Waals surface area (Å²) in [5.41, 5.74) is 2.62. The summed E-state index contributed by atoms with van der Waals surface area (Å²) in [4.78, 5) is 12.2. The van der Waals surface area contributed by atoms with Crippen molar-refractivity contribution in [2.45, 2.75) is 13.3 Å². The fourth-order valence-corrected chi connectivity index (χ4v) is 2.32. The molecule has 1 amide bonds. The minimum atomic E-state index is -0.272. The van der Waals surface area contributed by atoms with Gasteiger partial charge in [0.05, 0.1) is 0 Å². The van der Waals surface area contributed by atoms with Crippen molar-refractivity contribution in [2.75, 3.05) is 5.32 Å². The number of nitrogens with one attached hydrogen (secondary N) is 1. The van der Waals surface area contributed by atoms with E-state index in [0.717, 1.165) is 17.5 Å². The van der Waals surface area contributed by atoms with Crippen LogP contribution in [0.3, 0.4) is 0 Å². The molecule has 1 N–H and O–H groups in total. The number of carbonyl (C=O) groups is 1. The second kappa shape index (κ2) is 5.62. The zero-order valence-electron chi connectivity index (χ0n) is 11.5. The van der Waals surface area contributed by atoms with Crippen LogP contribution in [-0.2, 0) is 6.42 Å². The second-order valence-electron chi connectivity index (χ2n) is 4.80. The van der Waals surface area contributed by atoms with Crippen LogP contribution < -0.4 is 5.32 Å². The fourth-order valence-electron chi connectivity index (χ4n) is 2.14. The Kier molecular flexibility index (Phi) is 3.67. The Labute approximate surface area is 127 Å². The summed E-state index contributed by atoms with van der Waals surface area (Å²) in [6.07, 6.45) is 0.971. The number of hydrogen-bond acceptors (Lipinski definition) is 2. The molecule has 0 spiro atoms. The highest BCUT2D eigenvalue weighted by Crippen LogP contribution is 2.23. The molecule has 0 saturated carbocycles. The number of benzene rings is 2. The number of fused-ring (bicyclic) bond motifs is 1. The smallest absolute Gasteiger partial charge is 0.291 e. The Morgan fingerprint density at radius 1 is 1.14 bits per heavy atom. The highest BCUT2D eigenvalue weighted by atomic mass is 35.5. The summed E-state index contributed by atoms with van der Waals surface area (Å²) >= 11 is 5.92. The zero-order valence-corrected chi connectivity index (χ0v) is 12.3. The molecule has 4 heteroatoms. The number of amides is 1. The minimum Gasteiger partial charge on any atom is -0.451 e. The molecule has 0 aliphatic rings. The van der Waals surface area contributed by atoms with Crippen LogP contribution in [0.1, 0.15) is 23.0 Å².